The van der Waals surface area contributed by atoms with Crippen LogP contribution in [0.2, 0.25) is 0 Å². The van der Waals surface area contributed by atoms with Gasteiger partial charge in [0, 0.05) is 13.5 Å². The molecule has 0 heterocycles. The number of amides is 1. The normalized spacial score (nSPS) is 14.2. The molecule has 0 aromatic heterocycles. The predicted octanol–water partition coefficient (Wildman–Crippen LogP) is 2.28. The predicted molar refractivity (Wildman–Crippen MR) is 63.2 cm³/mol. The summed E-state index contributed by atoms with van der Waals surface area (Å²) in [5.41, 5.74) is -1.02. The Hall–Kier alpha value is -1.06. The summed E-state index contributed by atoms with van der Waals surface area (Å²) in [6.07, 6.45) is 2.50. The van der Waals surface area contributed by atoms with Crippen molar-refractivity contribution in [1.29, 1.82) is 0 Å². The average Bonchev–Trinajstić information content (AvgIpc) is 2.22. The average molecular weight is 229 g/mol. The Bertz CT molecular complexity index is 253. The fourth-order valence-corrected chi connectivity index (χ4v) is 2.19. The Morgan fingerprint density at radius 1 is 1.19 bits per heavy atom. The number of carboxylic acid groups (broad SMARTS) is 1. The molecule has 0 aliphatic rings. The number of nitrogens with zero attached hydrogens (tertiary/aromatic N) is 1. The van der Waals surface area contributed by atoms with E-state index in [9.17, 15) is 14.7 Å². The lowest BCUT2D eigenvalue weighted by molar-refractivity contribution is -0.159. The van der Waals surface area contributed by atoms with Crippen molar-refractivity contribution in [3.63, 3.8) is 0 Å². The van der Waals surface area contributed by atoms with Gasteiger partial charge in [0.05, 0.1) is 0 Å². The van der Waals surface area contributed by atoms with Crippen molar-refractivity contribution in [2.24, 2.45) is 0 Å². The summed E-state index contributed by atoms with van der Waals surface area (Å²) in [6, 6.07) is 0. The van der Waals surface area contributed by atoms with Gasteiger partial charge in [-0.3, -0.25) is 4.79 Å². The number of hydrogen-bond donors (Lipinski definition) is 1. The number of hydrogen-bond acceptors (Lipinski definition) is 2. The van der Waals surface area contributed by atoms with Crippen molar-refractivity contribution in [1.82, 2.24) is 4.90 Å². The smallest absolute Gasteiger partial charge is 0.329 e. The first-order chi connectivity index (χ1) is 7.46. The molecule has 0 saturated carbocycles. The number of rotatable bonds is 7. The Kier molecular flexibility index (Phi) is 6.08. The van der Waals surface area contributed by atoms with E-state index in [4.69, 9.17) is 0 Å². The highest BCUT2D eigenvalue weighted by Gasteiger charge is 2.42. The Balaban J connectivity index is 5.23. The lowest BCUT2D eigenvalue weighted by Gasteiger charge is -2.39. The maximum absolute atomic E-state index is 11.6. The van der Waals surface area contributed by atoms with Crippen molar-refractivity contribution in [2.75, 3.05) is 6.54 Å². The van der Waals surface area contributed by atoms with Gasteiger partial charge in [0.2, 0.25) is 5.91 Å². The molecule has 16 heavy (non-hydrogen) atoms. The van der Waals surface area contributed by atoms with E-state index in [1.165, 1.54) is 11.8 Å². The first-order valence-corrected chi connectivity index (χ1v) is 5.97. The van der Waals surface area contributed by atoms with E-state index in [2.05, 4.69) is 0 Å². The molecule has 1 N–H and O–H groups in total. The third-order valence-corrected chi connectivity index (χ3v) is 2.99. The van der Waals surface area contributed by atoms with Gasteiger partial charge in [-0.15, -0.1) is 0 Å². The van der Waals surface area contributed by atoms with Crippen LogP contribution < -0.4 is 0 Å². The minimum Gasteiger partial charge on any atom is -0.479 e. The molecule has 0 spiro atoms. The highest BCUT2D eigenvalue weighted by molar-refractivity contribution is 5.86. The first kappa shape index (κ1) is 14.9. The summed E-state index contributed by atoms with van der Waals surface area (Å²) in [6.45, 7) is 7.67. The van der Waals surface area contributed by atoms with Crippen LogP contribution in [0.1, 0.15) is 53.4 Å². The highest BCUT2D eigenvalue weighted by Crippen LogP contribution is 2.26. The van der Waals surface area contributed by atoms with Crippen molar-refractivity contribution in [2.45, 2.75) is 58.9 Å². The lowest BCUT2D eigenvalue weighted by atomic mass is 9.88. The zero-order chi connectivity index (χ0) is 12.8. The minimum absolute atomic E-state index is 0.153. The molecule has 1 amide bonds. The zero-order valence-corrected chi connectivity index (χ0v) is 10.7. The molecule has 0 aliphatic carbocycles. The van der Waals surface area contributed by atoms with E-state index in [1.54, 1.807) is 0 Å². The molecule has 4 heteroatoms. The molecule has 0 aromatic carbocycles. The molecule has 94 valence electrons. The maximum atomic E-state index is 11.6. The van der Waals surface area contributed by atoms with Crippen LogP contribution in [0.15, 0.2) is 0 Å². The van der Waals surface area contributed by atoms with Gasteiger partial charge >= 0.3 is 5.97 Å². The Labute approximate surface area is 97.6 Å². The molecule has 0 aromatic rings. The minimum atomic E-state index is -1.02. The molecular weight excluding hydrogens is 206 g/mol. The molecule has 0 bridgehead atoms. The van der Waals surface area contributed by atoms with Crippen LogP contribution in [-0.2, 0) is 9.59 Å². The van der Waals surface area contributed by atoms with Gasteiger partial charge in [-0.25, -0.2) is 4.79 Å². The molecule has 0 aliphatic heterocycles. The molecule has 1 atom stereocenters. The van der Waals surface area contributed by atoms with Crippen LogP contribution in [0.25, 0.3) is 0 Å². The molecule has 4 nitrogen and oxygen atoms in total. The molecule has 1 unspecified atom stereocenters. The largest absolute Gasteiger partial charge is 0.479 e. The third-order valence-electron chi connectivity index (χ3n) is 2.99. The van der Waals surface area contributed by atoms with Gasteiger partial charge in [0.15, 0.2) is 0 Å². The summed E-state index contributed by atoms with van der Waals surface area (Å²) >= 11 is 0. The van der Waals surface area contributed by atoms with E-state index in [0.29, 0.717) is 19.4 Å². The molecule has 0 fully saturated rings. The van der Waals surface area contributed by atoms with Crippen molar-refractivity contribution < 1.29 is 14.7 Å². The summed E-state index contributed by atoms with van der Waals surface area (Å²) in [5, 5.41) is 9.41. The van der Waals surface area contributed by atoms with E-state index >= 15 is 0 Å². The number of carbonyl (C=O) groups is 2. The Morgan fingerprint density at radius 3 is 2.00 bits per heavy atom. The highest BCUT2D eigenvalue weighted by atomic mass is 16.4. The monoisotopic (exact) mass is 229 g/mol. The topological polar surface area (TPSA) is 57.6 Å². The summed E-state index contributed by atoms with van der Waals surface area (Å²) in [5.74, 6) is -1.04. The van der Waals surface area contributed by atoms with Crippen LogP contribution in [0, 0.1) is 0 Å². The third kappa shape index (κ3) is 2.97. The second-order valence-corrected chi connectivity index (χ2v) is 4.11. The first-order valence-electron chi connectivity index (χ1n) is 5.97. The lowest BCUT2D eigenvalue weighted by Crippen LogP contribution is -2.56. The van der Waals surface area contributed by atoms with E-state index in [-0.39, 0.29) is 5.91 Å². The second-order valence-electron chi connectivity index (χ2n) is 4.11. The standard InChI is InChI=1S/C12H23NO3/c1-5-8-12(7-3,11(15)16)13(9-6-2)10(4)14/h5-9H2,1-4H3,(H,15,16). The molecule has 0 radical (unpaired) electrons. The van der Waals surface area contributed by atoms with Gasteiger partial charge in [0.1, 0.15) is 5.54 Å². The fourth-order valence-electron chi connectivity index (χ4n) is 2.19. The van der Waals surface area contributed by atoms with Crippen LogP contribution in [0.4, 0.5) is 0 Å². The van der Waals surface area contributed by atoms with Crippen LogP contribution in [0.3, 0.4) is 0 Å². The van der Waals surface area contributed by atoms with E-state index < -0.39 is 11.5 Å². The van der Waals surface area contributed by atoms with E-state index in [0.717, 1.165) is 12.8 Å². The van der Waals surface area contributed by atoms with Crippen LogP contribution in [0.5, 0.6) is 0 Å². The van der Waals surface area contributed by atoms with Gasteiger partial charge in [-0.1, -0.05) is 27.2 Å². The van der Waals surface area contributed by atoms with Gasteiger partial charge in [0.25, 0.3) is 0 Å². The number of carbonyl (C=O) groups excluding carboxylic acids is 1. The molecule has 0 rings (SSSR count). The van der Waals surface area contributed by atoms with Crippen LogP contribution in [-0.4, -0.2) is 34.0 Å². The zero-order valence-electron chi connectivity index (χ0n) is 10.7. The maximum Gasteiger partial charge on any atom is 0.329 e. The molecule has 0 saturated heterocycles. The van der Waals surface area contributed by atoms with Crippen LogP contribution >= 0.6 is 0 Å². The van der Waals surface area contributed by atoms with Gasteiger partial charge < -0.3 is 10.0 Å². The summed E-state index contributed by atoms with van der Waals surface area (Å²) in [4.78, 5) is 24.6. The summed E-state index contributed by atoms with van der Waals surface area (Å²) < 4.78 is 0. The summed E-state index contributed by atoms with van der Waals surface area (Å²) in [7, 11) is 0. The number of aliphatic carboxylic acids is 1. The fraction of sp³-hybridized carbons (Fsp3) is 0.833. The van der Waals surface area contributed by atoms with Gasteiger partial charge in [-0.2, -0.15) is 0 Å². The second kappa shape index (κ2) is 6.51. The SMILES string of the molecule is CCCN(C(C)=O)C(CC)(CCC)C(=O)O. The molecular formula is C12H23NO3. The Morgan fingerprint density at radius 2 is 1.75 bits per heavy atom. The number of carboxylic acids is 1. The van der Waals surface area contributed by atoms with Crippen molar-refractivity contribution in [3.05, 3.63) is 0 Å². The van der Waals surface area contributed by atoms with Crippen molar-refractivity contribution in [3.8, 4) is 0 Å². The van der Waals surface area contributed by atoms with Crippen molar-refractivity contribution >= 4 is 11.9 Å². The van der Waals surface area contributed by atoms with Gasteiger partial charge in [-0.05, 0) is 19.3 Å². The quantitative estimate of drug-likeness (QED) is 0.728. The van der Waals surface area contributed by atoms with E-state index in [1.807, 2.05) is 20.8 Å².